The monoisotopic (exact) mass is 298 g/mol. The van der Waals surface area contributed by atoms with Gasteiger partial charge in [0.1, 0.15) is 12.1 Å². The molecule has 0 aliphatic heterocycles. The number of nitrogens with zero attached hydrogens (tertiary/aromatic N) is 2. The SMILES string of the molecule is C[C@@H](NC(=O)Nn1cnc2ccccc21)c1ccc(F)cc1. The minimum atomic E-state index is -0.361. The van der Waals surface area contributed by atoms with Crippen LogP contribution in [0.3, 0.4) is 0 Å². The number of hydrogen-bond donors (Lipinski definition) is 2. The molecule has 2 aromatic carbocycles. The molecule has 0 radical (unpaired) electrons. The van der Waals surface area contributed by atoms with Crippen molar-refractivity contribution in [3.63, 3.8) is 0 Å². The van der Waals surface area contributed by atoms with E-state index < -0.39 is 0 Å². The maximum atomic E-state index is 12.9. The second kappa shape index (κ2) is 5.85. The summed E-state index contributed by atoms with van der Waals surface area (Å²) in [5.74, 6) is -0.301. The van der Waals surface area contributed by atoms with Gasteiger partial charge in [-0.25, -0.2) is 24.3 Å². The first-order valence-electron chi connectivity index (χ1n) is 6.88. The summed E-state index contributed by atoms with van der Waals surface area (Å²) in [6.07, 6.45) is 1.55. The van der Waals surface area contributed by atoms with E-state index in [-0.39, 0.29) is 17.9 Å². The Hall–Kier alpha value is -2.89. The molecule has 0 bridgehead atoms. The van der Waals surface area contributed by atoms with E-state index in [1.54, 1.807) is 23.1 Å². The predicted octanol–water partition coefficient (Wildman–Crippen LogP) is 3.19. The van der Waals surface area contributed by atoms with Crippen LogP contribution in [0.1, 0.15) is 18.5 Å². The molecular weight excluding hydrogens is 283 g/mol. The van der Waals surface area contributed by atoms with E-state index in [0.29, 0.717) is 0 Å². The second-order valence-corrected chi connectivity index (χ2v) is 4.96. The molecule has 2 amide bonds. The van der Waals surface area contributed by atoms with Gasteiger partial charge in [0.15, 0.2) is 0 Å². The first-order valence-corrected chi connectivity index (χ1v) is 6.88. The molecule has 5 nitrogen and oxygen atoms in total. The summed E-state index contributed by atoms with van der Waals surface area (Å²) in [5.41, 5.74) is 5.15. The summed E-state index contributed by atoms with van der Waals surface area (Å²) in [4.78, 5) is 16.3. The van der Waals surface area contributed by atoms with Gasteiger partial charge in [0.05, 0.1) is 17.1 Å². The summed E-state index contributed by atoms with van der Waals surface area (Å²) in [6, 6.07) is 12.9. The summed E-state index contributed by atoms with van der Waals surface area (Å²) in [6.45, 7) is 1.83. The van der Waals surface area contributed by atoms with Gasteiger partial charge in [-0.2, -0.15) is 0 Å². The predicted molar refractivity (Wildman–Crippen MR) is 82.4 cm³/mol. The first-order chi connectivity index (χ1) is 10.6. The highest BCUT2D eigenvalue weighted by Crippen LogP contribution is 2.13. The van der Waals surface area contributed by atoms with Crippen LogP contribution >= 0.6 is 0 Å². The van der Waals surface area contributed by atoms with E-state index in [2.05, 4.69) is 15.7 Å². The molecule has 0 saturated heterocycles. The fraction of sp³-hybridized carbons (Fsp3) is 0.125. The number of fused-ring (bicyclic) bond motifs is 1. The van der Waals surface area contributed by atoms with E-state index in [0.717, 1.165) is 16.6 Å². The number of aromatic nitrogens is 2. The number of para-hydroxylation sites is 2. The third-order valence-corrected chi connectivity index (χ3v) is 3.39. The average molecular weight is 298 g/mol. The summed E-state index contributed by atoms with van der Waals surface area (Å²) < 4.78 is 14.5. The molecule has 3 aromatic rings. The maximum absolute atomic E-state index is 12.9. The molecule has 2 N–H and O–H groups in total. The number of benzene rings is 2. The van der Waals surface area contributed by atoms with Gasteiger partial charge in [0, 0.05) is 0 Å². The molecule has 1 heterocycles. The number of carbonyl (C=O) groups excluding carboxylic acids is 1. The minimum absolute atomic E-state index is 0.240. The lowest BCUT2D eigenvalue weighted by Gasteiger charge is -2.15. The fourth-order valence-corrected chi connectivity index (χ4v) is 2.22. The number of carbonyl (C=O) groups is 1. The topological polar surface area (TPSA) is 59.0 Å². The molecule has 1 aromatic heterocycles. The van der Waals surface area contributed by atoms with Gasteiger partial charge in [-0.05, 0) is 36.8 Å². The summed E-state index contributed by atoms with van der Waals surface area (Å²) in [7, 11) is 0. The maximum Gasteiger partial charge on any atom is 0.334 e. The third-order valence-electron chi connectivity index (χ3n) is 3.39. The largest absolute Gasteiger partial charge is 0.334 e. The molecule has 1 atom stereocenters. The van der Waals surface area contributed by atoms with Crippen molar-refractivity contribution in [2.75, 3.05) is 5.43 Å². The number of halogens is 1. The van der Waals surface area contributed by atoms with Gasteiger partial charge < -0.3 is 5.32 Å². The minimum Gasteiger partial charge on any atom is -0.330 e. The zero-order chi connectivity index (χ0) is 15.5. The summed E-state index contributed by atoms with van der Waals surface area (Å²) >= 11 is 0. The number of imidazole rings is 1. The molecule has 0 fully saturated rings. The van der Waals surface area contributed by atoms with Crippen molar-refractivity contribution in [2.45, 2.75) is 13.0 Å². The van der Waals surface area contributed by atoms with E-state index in [4.69, 9.17) is 0 Å². The van der Waals surface area contributed by atoms with Gasteiger partial charge in [-0.15, -0.1) is 0 Å². The van der Waals surface area contributed by atoms with Gasteiger partial charge in [-0.3, -0.25) is 0 Å². The quantitative estimate of drug-likeness (QED) is 0.780. The van der Waals surface area contributed by atoms with Crippen LogP contribution in [-0.2, 0) is 0 Å². The van der Waals surface area contributed by atoms with Crippen molar-refractivity contribution in [1.82, 2.24) is 15.0 Å². The Morgan fingerprint density at radius 2 is 1.91 bits per heavy atom. The van der Waals surface area contributed by atoms with Crippen molar-refractivity contribution in [3.05, 3.63) is 66.2 Å². The lowest BCUT2D eigenvalue weighted by atomic mass is 10.1. The zero-order valence-corrected chi connectivity index (χ0v) is 12.0. The standard InChI is InChI=1S/C16H15FN4O/c1-11(12-6-8-13(17)9-7-12)19-16(22)20-21-10-18-14-4-2-3-5-15(14)21/h2-11H,1H3,(H2,19,20,22)/t11-/m1/s1. The smallest absolute Gasteiger partial charge is 0.330 e. The molecule has 0 saturated carbocycles. The number of amides is 2. The second-order valence-electron chi connectivity index (χ2n) is 4.96. The Balaban J connectivity index is 1.68. The van der Waals surface area contributed by atoms with Gasteiger partial charge in [-0.1, -0.05) is 24.3 Å². The highest BCUT2D eigenvalue weighted by molar-refractivity contribution is 5.85. The van der Waals surface area contributed by atoms with E-state index in [1.165, 1.54) is 12.1 Å². The van der Waals surface area contributed by atoms with Crippen molar-refractivity contribution >= 4 is 17.1 Å². The zero-order valence-electron chi connectivity index (χ0n) is 12.0. The average Bonchev–Trinajstić information content (AvgIpc) is 2.91. The molecule has 6 heteroatoms. The van der Waals surface area contributed by atoms with Crippen molar-refractivity contribution < 1.29 is 9.18 Å². The highest BCUT2D eigenvalue weighted by Gasteiger charge is 2.10. The Morgan fingerprint density at radius 1 is 1.18 bits per heavy atom. The third kappa shape index (κ3) is 2.90. The fourth-order valence-electron chi connectivity index (χ4n) is 2.22. The van der Waals surface area contributed by atoms with Crippen LogP contribution in [0.2, 0.25) is 0 Å². The van der Waals surface area contributed by atoms with Gasteiger partial charge in [0.2, 0.25) is 0 Å². The van der Waals surface area contributed by atoms with Gasteiger partial charge >= 0.3 is 6.03 Å². The Morgan fingerprint density at radius 3 is 2.68 bits per heavy atom. The number of nitrogens with one attached hydrogen (secondary N) is 2. The van der Waals surface area contributed by atoms with Crippen LogP contribution in [0.25, 0.3) is 11.0 Å². The van der Waals surface area contributed by atoms with Crippen LogP contribution in [0.5, 0.6) is 0 Å². The van der Waals surface area contributed by atoms with E-state index >= 15 is 0 Å². The number of hydrogen-bond acceptors (Lipinski definition) is 2. The van der Waals surface area contributed by atoms with E-state index in [9.17, 15) is 9.18 Å². The number of urea groups is 1. The number of rotatable bonds is 3. The Labute approximate surface area is 126 Å². The van der Waals surface area contributed by atoms with Crippen LogP contribution in [-0.4, -0.2) is 15.7 Å². The van der Waals surface area contributed by atoms with Crippen LogP contribution in [0.4, 0.5) is 9.18 Å². The van der Waals surface area contributed by atoms with Crippen molar-refractivity contribution in [2.24, 2.45) is 0 Å². The molecule has 112 valence electrons. The molecule has 22 heavy (non-hydrogen) atoms. The normalized spacial score (nSPS) is 12.1. The molecule has 3 rings (SSSR count). The van der Waals surface area contributed by atoms with Crippen molar-refractivity contribution in [1.29, 1.82) is 0 Å². The molecule has 0 unspecified atom stereocenters. The summed E-state index contributed by atoms with van der Waals surface area (Å²) in [5, 5.41) is 2.80. The van der Waals surface area contributed by atoms with E-state index in [1.807, 2.05) is 31.2 Å². The molecule has 0 aliphatic carbocycles. The van der Waals surface area contributed by atoms with Crippen molar-refractivity contribution in [3.8, 4) is 0 Å². The molecule has 0 spiro atoms. The van der Waals surface area contributed by atoms with Crippen LogP contribution < -0.4 is 10.7 Å². The lowest BCUT2D eigenvalue weighted by molar-refractivity contribution is 0.247. The van der Waals surface area contributed by atoms with Crippen LogP contribution in [0, 0.1) is 5.82 Å². The Bertz CT molecular complexity index is 797. The molecular formula is C16H15FN4O. The first kappa shape index (κ1) is 14.1. The van der Waals surface area contributed by atoms with Gasteiger partial charge in [0.25, 0.3) is 0 Å². The molecule has 0 aliphatic rings. The van der Waals surface area contributed by atoms with Crippen LogP contribution in [0.15, 0.2) is 54.9 Å². The highest BCUT2D eigenvalue weighted by atomic mass is 19.1. The lowest BCUT2D eigenvalue weighted by Crippen LogP contribution is -2.35. The Kier molecular flexibility index (Phi) is 3.74.